The number of hydrogen-bond donors (Lipinski definition) is 2. The van der Waals surface area contributed by atoms with Crippen molar-refractivity contribution in [2.75, 3.05) is 7.11 Å². The molecule has 0 aliphatic carbocycles. The van der Waals surface area contributed by atoms with Crippen LogP contribution >= 0.6 is 34.8 Å². The van der Waals surface area contributed by atoms with Gasteiger partial charge in [0.25, 0.3) is 0 Å². The van der Waals surface area contributed by atoms with Crippen LogP contribution in [0.3, 0.4) is 0 Å². The third-order valence-corrected chi connectivity index (χ3v) is 1.37. The van der Waals surface area contributed by atoms with Gasteiger partial charge in [0.15, 0.2) is 6.23 Å². The summed E-state index contributed by atoms with van der Waals surface area (Å²) in [5.74, 6) is 0. The van der Waals surface area contributed by atoms with Gasteiger partial charge in [0.05, 0.1) is 7.11 Å². The Morgan fingerprint density at radius 3 is 2.36 bits per heavy atom. The highest BCUT2D eigenvalue weighted by atomic mass is 35.6. The zero-order valence-electron chi connectivity index (χ0n) is 5.47. The van der Waals surface area contributed by atoms with Crippen molar-refractivity contribution in [1.82, 2.24) is 5.32 Å². The second kappa shape index (κ2) is 4.21. The van der Waals surface area contributed by atoms with E-state index in [9.17, 15) is 4.79 Å². The Kier molecular flexibility index (Phi) is 4.25. The average molecular weight is 222 g/mol. The van der Waals surface area contributed by atoms with Gasteiger partial charge in [0, 0.05) is 0 Å². The van der Waals surface area contributed by atoms with Gasteiger partial charge >= 0.3 is 6.09 Å². The average Bonchev–Trinajstić information content (AvgIpc) is 1.85. The summed E-state index contributed by atoms with van der Waals surface area (Å²) in [6.45, 7) is 0. The maximum atomic E-state index is 10.4. The highest BCUT2D eigenvalue weighted by Gasteiger charge is 2.32. The first-order valence-corrected chi connectivity index (χ1v) is 3.60. The van der Waals surface area contributed by atoms with E-state index in [1.807, 2.05) is 5.32 Å². The molecule has 0 bridgehead atoms. The first-order chi connectivity index (χ1) is 4.88. The third-order valence-electron chi connectivity index (χ3n) is 0.750. The number of aliphatic hydroxyl groups excluding tert-OH is 1. The first-order valence-electron chi connectivity index (χ1n) is 2.47. The summed E-state index contributed by atoms with van der Waals surface area (Å²) in [5, 5.41) is 10.7. The fraction of sp³-hybridized carbons (Fsp3) is 0.750. The number of amides is 1. The highest BCUT2D eigenvalue weighted by molar-refractivity contribution is 6.68. The normalized spacial score (nSPS) is 13.9. The van der Waals surface area contributed by atoms with Gasteiger partial charge in [-0.2, -0.15) is 0 Å². The molecule has 0 aliphatic heterocycles. The molecule has 0 aromatic heterocycles. The number of hydrogen-bond acceptors (Lipinski definition) is 3. The summed E-state index contributed by atoms with van der Waals surface area (Å²) in [7, 11) is 1.13. The number of halogens is 3. The molecule has 7 heteroatoms. The predicted molar refractivity (Wildman–Crippen MR) is 41.8 cm³/mol. The second-order valence-electron chi connectivity index (χ2n) is 1.58. The zero-order valence-corrected chi connectivity index (χ0v) is 7.74. The van der Waals surface area contributed by atoms with Gasteiger partial charge in [0.1, 0.15) is 0 Å². The molecule has 0 aromatic rings. The molecule has 0 saturated carbocycles. The minimum Gasteiger partial charge on any atom is -0.453 e. The maximum Gasteiger partial charge on any atom is 0.408 e. The van der Waals surface area contributed by atoms with Gasteiger partial charge in [-0.05, 0) is 0 Å². The van der Waals surface area contributed by atoms with Gasteiger partial charge < -0.3 is 9.84 Å². The molecule has 66 valence electrons. The van der Waals surface area contributed by atoms with Crippen LogP contribution < -0.4 is 5.32 Å². The number of ether oxygens (including phenoxy) is 1. The van der Waals surface area contributed by atoms with Crippen LogP contribution in [0.2, 0.25) is 0 Å². The van der Waals surface area contributed by atoms with E-state index in [1.54, 1.807) is 0 Å². The van der Waals surface area contributed by atoms with Crippen molar-refractivity contribution < 1.29 is 14.6 Å². The molecule has 0 aromatic carbocycles. The van der Waals surface area contributed by atoms with Gasteiger partial charge in [-0.15, -0.1) is 0 Å². The lowest BCUT2D eigenvalue weighted by molar-refractivity contribution is 0.113. The first kappa shape index (κ1) is 11.1. The highest BCUT2D eigenvalue weighted by Crippen LogP contribution is 2.28. The monoisotopic (exact) mass is 221 g/mol. The van der Waals surface area contributed by atoms with Crippen molar-refractivity contribution in [2.24, 2.45) is 0 Å². The second-order valence-corrected chi connectivity index (χ2v) is 3.95. The van der Waals surface area contributed by atoms with Crippen LogP contribution in [-0.2, 0) is 4.74 Å². The van der Waals surface area contributed by atoms with Crippen LogP contribution in [0.15, 0.2) is 0 Å². The molecule has 1 atom stereocenters. The molecule has 0 rings (SSSR count). The number of nitrogens with one attached hydrogen (secondary N) is 1. The van der Waals surface area contributed by atoms with Gasteiger partial charge in [-0.1, -0.05) is 34.8 Å². The standard InChI is InChI=1S/C4H6Cl3NO3/c1-11-3(10)8-2(9)4(5,6)7/h2,9H,1H3,(H,8,10)/t2-/m1/s1. The maximum absolute atomic E-state index is 10.4. The predicted octanol–water partition coefficient (Wildman–Crippen LogP) is 1.03. The molecular weight excluding hydrogens is 216 g/mol. The molecule has 4 nitrogen and oxygen atoms in total. The van der Waals surface area contributed by atoms with Gasteiger partial charge in [0.2, 0.25) is 3.79 Å². The quantitative estimate of drug-likeness (QED) is 0.515. The van der Waals surface area contributed by atoms with Crippen LogP contribution in [0.5, 0.6) is 0 Å². The number of methoxy groups -OCH3 is 1. The summed E-state index contributed by atoms with van der Waals surface area (Å²) < 4.78 is 2.18. The van der Waals surface area contributed by atoms with Crippen molar-refractivity contribution in [2.45, 2.75) is 10.0 Å². The van der Waals surface area contributed by atoms with E-state index in [-0.39, 0.29) is 0 Å². The molecule has 0 spiro atoms. The molecular formula is C4H6Cl3NO3. The van der Waals surface area contributed by atoms with Crippen molar-refractivity contribution in [1.29, 1.82) is 0 Å². The Morgan fingerprint density at radius 2 is 2.09 bits per heavy atom. The van der Waals surface area contributed by atoms with Crippen molar-refractivity contribution >= 4 is 40.9 Å². The Labute approximate surface area is 78.4 Å². The molecule has 0 unspecified atom stereocenters. The molecule has 0 heterocycles. The lowest BCUT2D eigenvalue weighted by Gasteiger charge is -2.18. The van der Waals surface area contributed by atoms with E-state index < -0.39 is 16.1 Å². The molecule has 11 heavy (non-hydrogen) atoms. The molecule has 0 radical (unpaired) electrons. The smallest absolute Gasteiger partial charge is 0.408 e. The van der Waals surface area contributed by atoms with Crippen LogP contribution in [0.25, 0.3) is 0 Å². The largest absolute Gasteiger partial charge is 0.453 e. The molecule has 0 saturated heterocycles. The SMILES string of the molecule is COC(=O)N[C@H](O)C(Cl)(Cl)Cl. The number of alkyl carbamates (subject to hydrolysis) is 1. The summed E-state index contributed by atoms with van der Waals surface area (Å²) in [5.41, 5.74) is 0. The number of carbonyl (C=O) groups is 1. The Balaban J connectivity index is 3.87. The minimum atomic E-state index is -1.95. The van der Waals surface area contributed by atoms with Crippen LogP contribution in [-0.4, -0.2) is 28.3 Å². The number of alkyl halides is 3. The van der Waals surface area contributed by atoms with E-state index in [2.05, 4.69) is 4.74 Å². The Bertz CT molecular complexity index is 146. The number of aliphatic hydroxyl groups is 1. The molecule has 0 aliphatic rings. The van der Waals surface area contributed by atoms with E-state index in [4.69, 9.17) is 39.9 Å². The van der Waals surface area contributed by atoms with Crippen molar-refractivity contribution in [3.05, 3.63) is 0 Å². The van der Waals surface area contributed by atoms with E-state index >= 15 is 0 Å². The topological polar surface area (TPSA) is 58.6 Å². The Hall–Kier alpha value is 0.1000. The van der Waals surface area contributed by atoms with Crippen LogP contribution in [0, 0.1) is 0 Å². The lowest BCUT2D eigenvalue weighted by atomic mass is 10.6. The van der Waals surface area contributed by atoms with Crippen LogP contribution in [0.1, 0.15) is 0 Å². The molecule has 2 N–H and O–H groups in total. The van der Waals surface area contributed by atoms with Gasteiger partial charge in [-0.3, -0.25) is 5.32 Å². The zero-order chi connectivity index (χ0) is 9.07. The minimum absolute atomic E-state index is 0.871. The number of carbonyl (C=O) groups excluding carboxylic acids is 1. The fourth-order valence-electron chi connectivity index (χ4n) is 0.252. The summed E-state index contributed by atoms with van der Waals surface area (Å²) in [6.07, 6.45) is -2.45. The summed E-state index contributed by atoms with van der Waals surface area (Å²) in [6, 6.07) is 0. The van der Waals surface area contributed by atoms with Crippen molar-refractivity contribution in [3.8, 4) is 0 Å². The molecule has 0 fully saturated rings. The molecule has 1 amide bonds. The Morgan fingerprint density at radius 1 is 1.64 bits per heavy atom. The van der Waals surface area contributed by atoms with E-state index in [0.29, 0.717) is 0 Å². The third kappa shape index (κ3) is 4.53. The number of rotatable bonds is 1. The van der Waals surface area contributed by atoms with E-state index in [1.165, 1.54) is 0 Å². The van der Waals surface area contributed by atoms with Crippen LogP contribution in [0.4, 0.5) is 4.79 Å². The summed E-state index contributed by atoms with van der Waals surface area (Å²) >= 11 is 15.6. The fourth-order valence-corrected chi connectivity index (χ4v) is 0.416. The van der Waals surface area contributed by atoms with E-state index in [0.717, 1.165) is 7.11 Å². The van der Waals surface area contributed by atoms with Gasteiger partial charge in [-0.25, -0.2) is 4.79 Å². The summed E-state index contributed by atoms with van der Waals surface area (Å²) in [4.78, 5) is 10.4. The lowest BCUT2D eigenvalue weighted by Crippen LogP contribution is -2.43. The van der Waals surface area contributed by atoms with Crippen molar-refractivity contribution in [3.63, 3.8) is 0 Å².